The molecule has 0 spiro atoms. The summed E-state index contributed by atoms with van der Waals surface area (Å²) in [7, 11) is 0. The van der Waals surface area contributed by atoms with E-state index >= 15 is 0 Å². The van der Waals surface area contributed by atoms with E-state index in [0.717, 1.165) is 13.0 Å². The number of rotatable bonds is 5. The smallest absolute Gasteiger partial charge is 0.409 e. The van der Waals surface area contributed by atoms with Crippen molar-refractivity contribution < 1.29 is 18.4 Å². The fraction of sp³-hybridized carbons (Fsp3) is 0.550. The molecule has 0 saturated carbocycles. The van der Waals surface area contributed by atoms with Crippen LogP contribution in [0.1, 0.15) is 31.7 Å². The second-order valence-corrected chi connectivity index (χ2v) is 7.56. The van der Waals surface area contributed by atoms with E-state index in [1.54, 1.807) is 24.0 Å². The van der Waals surface area contributed by atoms with Crippen molar-refractivity contribution in [2.45, 2.75) is 33.7 Å². The maximum Gasteiger partial charge on any atom is 0.409 e. The summed E-state index contributed by atoms with van der Waals surface area (Å²) in [4.78, 5) is 20.4. The molecule has 1 aliphatic heterocycles. The van der Waals surface area contributed by atoms with Crippen molar-refractivity contribution in [3.8, 4) is 11.4 Å². The van der Waals surface area contributed by atoms with Crippen molar-refractivity contribution in [2.24, 2.45) is 5.92 Å². The summed E-state index contributed by atoms with van der Waals surface area (Å²) >= 11 is 0. The minimum absolute atomic E-state index is 0.253. The molecule has 0 bridgehead atoms. The second kappa shape index (κ2) is 9.14. The van der Waals surface area contributed by atoms with Gasteiger partial charge < -0.3 is 14.2 Å². The van der Waals surface area contributed by atoms with Crippen LogP contribution in [0.15, 0.2) is 22.7 Å². The van der Waals surface area contributed by atoms with Gasteiger partial charge in [0.05, 0.1) is 13.2 Å². The lowest BCUT2D eigenvalue weighted by atomic mass is 10.1. The number of benzene rings is 1. The third-order valence-electron chi connectivity index (χ3n) is 4.64. The van der Waals surface area contributed by atoms with Crippen LogP contribution in [0.5, 0.6) is 0 Å². The molecule has 1 aromatic carbocycles. The zero-order chi connectivity index (χ0) is 20.1. The van der Waals surface area contributed by atoms with Crippen LogP contribution < -0.4 is 0 Å². The molecule has 1 fully saturated rings. The molecule has 1 amide bonds. The van der Waals surface area contributed by atoms with Crippen molar-refractivity contribution >= 4 is 6.09 Å². The summed E-state index contributed by atoms with van der Waals surface area (Å²) in [5.41, 5.74) is 1.17. The number of ether oxygens (including phenoxy) is 1. The molecule has 0 unspecified atom stereocenters. The third-order valence-corrected chi connectivity index (χ3v) is 4.64. The Labute approximate surface area is 164 Å². The lowest BCUT2D eigenvalue weighted by molar-refractivity contribution is 0.0928. The van der Waals surface area contributed by atoms with Gasteiger partial charge in [0.15, 0.2) is 0 Å². The first-order chi connectivity index (χ1) is 13.4. The molecule has 0 aliphatic carbocycles. The van der Waals surface area contributed by atoms with Crippen molar-refractivity contribution in [1.29, 1.82) is 0 Å². The van der Waals surface area contributed by atoms with E-state index in [1.165, 1.54) is 6.07 Å². The molecule has 0 N–H and O–H groups in total. The second-order valence-electron chi connectivity index (χ2n) is 7.56. The van der Waals surface area contributed by atoms with Gasteiger partial charge in [-0.1, -0.05) is 31.1 Å². The van der Waals surface area contributed by atoms with E-state index in [2.05, 4.69) is 15.0 Å². The fourth-order valence-electron chi connectivity index (χ4n) is 3.00. The fourth-order valence-corrected chi connectivity index (χ4v) is 3.00. The predicted molar refractivity (Wildman–Crippen MR) is 102 cm³/mol. The van der Waals surface area contributed by atoms with Crippen LogP contribution in [0.2, 0.25) is 0 Å². The Morgan fingerprint density at radius 3 is 2.86 bits per heavy atom. The van der Waals surface area contributed by atoms with Crippen LogP contribution in [0.25, 0.3) is 11.4 Å². The van der Waals surface area contributed by atoms with Crippen LogP contribution >= 0.6 is 0 Å². The van der Waals surface area contributed by atoms with Gasteiger partial charge in [-0.3, -0.25) is 4.90 Å². The van der Waals surface area contributed by atoms with Gasteiger partial charge >= 0.3 is 6.09 Å². The Balaban J connectivity index is 1.55. The van der Waals surface area contributed by atoms with Gasteiger partial charge in [-0.15, -0.1) is 0 Å². The maximum atomic E-state index is 13.8. The van der Waals surface area contributed by atoms with Gasteiger partial charge in [0.25, 0.3) is 0 Å². The Bertz CT molecular complexity index is 808. The highest BCUT2D eigenvalue weighted by atomic mass is 19.1. The lowest BCUT2D eigenvalue weighted by Crippen LogP contribution is -2.36. The molecule has 152 valence electrons. The molecule has 8 heteroatoms. The highest BCUT2D eigenvalue weighted by Crippen LogP contribution is 2.19. The summed E-state index contributed by atoms with van der Waals surface area (Å²) in [6.07, 6.45) is 0.595. The number of carbonyl (C=O) groups excluding carboxylic acids is 1. The lowest BCUT2D eigenvalue weighted by Gasteiger charge is -2.21. The van der Waals surface area contributed by atoms with Crippen LogP contribution in [-0.2, 0) is 11.3 Å². The van der Waals surface area contributed by atoms with E-state index in [9.17, 15) is 9.18 Å². The van der Waals surface area contributed by atoms with E-state index in [-0.39, 0.29) is 11.9 Å². The summed E-state index contributed by atoms with van der Waals surface area (Å²) in [5, 5.41) is 3.97. The quantitative estimate of drug-likeness (QED) is 0.778. The molecule has 3 rings (SSSR count). The monoisotopic (exact) mass is 390 g/mol. The van der Waals surface area contributed by atoms with Crippen molar-refractivity contribution in [2.75, 3.05) is 32.8 Å². The molecule has 7 nitrogen and oxygen atoms in total. The SMILES string of the molecule is Cc1ccc(-c2noc(CN3CCCN(C(=O)OCC(C)C)CC3)n2)cc1F. The molecule has 1 aliphatic rings. The van der Waals surface area contributed by atoms with Crippen molar-refractivity contribution in [3.63, 3.8) is 0 Å². The molecule has 2 heterocycles. The topological polar surface area (TPSA) is 71.7 Å². The highest BCUT2D eigenvalue weighted by molar-refractivity contribution is 5.67. The summed E-state index contributed by atoms with van der Waals surface area (Å²) in [6.45, 7) is 9.47. The van der Waals surface area contributed by atoms with Crippen LogP contribution in [-0.4, -0.2) is 58.8 Å². The molecule has 2 aromatic rings. The highest BCUT2D eigenvalue weighted by Gasteiger charge is 2.22. The van der Waals surface area contributed by atoms with Gasteiger partial charge in [-0.25, -0.2) is 9.18 Å². The molecular weight excluding hydrogens is 363 g/mol. The number of aromatic nitrogens is 2. The van der Waals surface area contributed by atoms with E-state index in [4.69, 9.17) is 9.26 Å². The zero-order valence-electron chi connectivity index (χ0n) is 16.7. The third kappa shape index (κ3) is 5.28. The van der Waals surface area contributed by atoms with Crippen LogP contribution in [0.3, 0.4) is 0 Å². The zero-order valence-corrected chi connectivity index (χ0v) is 16.7. The number of hydrogen-bond acceptors (Lipinski definition) is 6. The molecule has 28 heavy (non-hydrogen) atoms. The van der Waals surface area contributed by atoms with Crippen molar-refractivity contribution in [3.05, 3.63) is 35.5 Å². The summed E-state index contributed by atoms with van der Waals surface area (Å²) < 4.78 is 24.4. The average molecular weight is 390 g/mol. The van der Waals surface area contributed by atoms with Gasteiger partial charge in [0.1, 0.15) is 5.82 Å². The Morgan fingerprint density at radius 2 is 2.11 bits per heavy atom. The van der Waals surface area contributed by atoms with Gasteiger partial charge in [-0.05, 0) is 30.9 Å². The Morgan fingerprint density at radius 1 is 1.29 bits per heavy atom. The van der Waals surface area contributed by atoms with E-state index < -0.39 is 0 Å². The normalized spacial score (nSPS) is 15.7. The number of halogens is 1. The van der Waals surface area contributed by atoms with Gasteiger partial charge in [0.2, 0.25) is 11.7 Å². The minimum Gasteiger partial charge on any atom is -0.449 e. The summed E-state index contributed by atoms with van der Waals surface area (Å²) in [6, 6.07) is 4.89. The van der Waals surface area contributed by atoms with Gasteiger partial charge in [0, 0.05) is 31.7 Å². The molecule has 0 radical (unpaired) electrons. The first-order valence-electron chi connectivity index (χ1n) is 9.65. The number of amides is 1. The molecular formula is C20H27FN4O3. The molecule has 1 aromatic heterocycles. The van der Waals surface area contributed by atoms with E-state index in [1.807, 2.05) is 13.8 Å². The summed E-state index contributed by atoms with van der Waals surface area (Å²) in [5.74, 6) is 0.886. The largest absolute Gasteiger partial charge is 0.449 e. The Hall–Kier alpha value is -2.48. The first-order valence-corrected chi connectivity index (χ1v) is 9.65. The first kappa shape index (κ1) is 20.3. The van der Waals surface area contributed by atoms with Crippen LogP contribution in [0, 0.1) is 18.7 Å². The maximum absolute atomic E-state index is 13.8. The average Bonchev–Trinajstić information content (AvgIpc) is 3.00. The van der Waals surface area contributed by atoms with Crippen molar-refractivity contribution in [1.82, 2.24) is 19.9 Å². The molecule has 1 saturated heterocycles. The standard InChI is InChI=1S/C20H27FN4O3/c1-14(2)13-27-20(26)25-8-4-7-24(9-10-25)12-18-22-19(23-28-18)16-6-5-15(3)17(21)11-16/h5-6,11,14H,4,7-10,12-13H2,1-3H3. The predicted octanol–water partition coefficient (Wildman–Crippen LogP) is 3.48. The number of nitrogens with zero attached hydrogens (tertiary/aromatic N) is 4. The number of carbonyl (C=O) groups is 1. The van der Waals surface area contributed by atoms with Gasteiger partial charge in [-0.2, -0.15) is 4.98 Å². The minimum atomic E-state index is -0.291. The van der Waals surface area contributed by atoms with E-state index in [0.29, 0.717) is 61.5 Å². The van der Waals surface area contributed by atoms with Crippen LogP contribution in [0.4, 0.5) is 9.18 Å². The molecule has 0 atom stereocenters. The Kier molecular flexibility index (Phi) is 6.61. The number of hydrogen-bond donors (Lipinski definition) is 0. The number of aryl methyl sites for hydroxylation is 1.